The Labute approximate surface area is 135 Å². The number of methoxy groups -OCH3 is 1. The van der Waals surface area contributed by atoms with E-state index < -0.39 is 0 Å². The first kappa shape index (κ1) is 16.1. The molecule has 21 heavy (non-hydrogen) atoms. The largest absolute Gasteiger partial charge is 0.493 e. The SMILES string of the molecule is COc1cc(CN)cc(Cl)c1OCc1cc(F)cc(Br)c1. The Kier molecular flexibility index (Phi) is 5.45. The smallest absolute Gasteiger partial charge is 0.180 e. The molecule has 0 amide bonds. The van der Waals surface area contributed by atoms with Crippen LogP contribution in [-0.4, -0.2) is 7.11 Å². The fraction of sp³-hybridized carbons (Fsp3) is 0.200. The molecule has 112 valence electrons. The molecular formula is C15H14BrClFNO2. The van der Waals surface area contributed by atoms with E-state index in [0.29, 0.717) is 33.1 Å². The molecule has 0 aliphatic carbocycles. The molecule has 0 radical (unpaired) electrons. The van der Waals surface area contributed by atoms with Crippen molar-refractivity contribution in [1.82, 2.24) is 0 Å². The first-order chi connectivity index (χ1) is 10.0. The maximum Gasteiger partial charge on any atom is 0.180 e. The van der Waals surface area contributed by atoms with Crippen LogP contribution in [0.2, 0.25) is 5.02 Å². The van der Waals surface area contributed by atoms with Crippen LogP contribution in [0.5, 0.6) is 11.5 Å². The molecule has 0 saturated heterocycles. The molecule has 2 aromatic carbocycles. The van der Waals surface area contributed by atoms with Crippen LogP contribution in [0.1, 0.15) is 11.1 Å². The summed E-state index contributed by atoms with van der Waals surface area (Å²) in [6, 6.07) is 8.05. The normalized spacial score (nSPS) is 10.5. The molecule has 0 saturated carbocycles. The van der Waals surface area contributed by atoms with Gasteiger partial charge in [-0.1, -0.05) is 27.5 Å². The summed E-state index contributed by atoms with van der Waals surface area (Å²) >= 11 is 9.42. The van der Waals surface area contributed by atoms with E-state index in [4.69, 9.17) is 26.8 Å². The highest BCUT2D eigenvalue weighted by molar-refractivity contribution is 9.10. The molecule has 0 spiro atoms. The topological polar surface area (TPSA) is 44.5 Å². The van der Waals surface area contributed by atoms with Crippen molar-refractivity contribution >= 4 is 27.5 Å². The summed E-state index contributed by atoms with van der Waals surface area (Å²) in [5, 5.41) is 0.408. The Hall–Kier alpha value is -1.30. The van der Waals surface area contributed by atoms with Gasteiger partial charge in [-0.15, -0.1) is 0 Å². The van der Waals surface area contributed by atoms with Crippen molar-refractivity contribution < 1.29 is 13.9 Å². The predicted octanol–water partition coefficient (Wildman–Crippen LogP) is 4.29. The van der Waals surface area contributed by atoms with Gasteiger partial charge < -0.3 is 15.2 Å². The molecule has 0 aliphatic heterocycles. The van der Waals surface area contributed by atoms with E-state index in [9.17, 15) is 4.39 Å². The van der Waals surface area contributed by atoms with Gasteiger partial charge in [0.1, 0.15) is 12.4 Å². The number of nitrogens with two attached hydrogens (primary N) is 1. The second-order valence-corrected chi connectivity index (χ2v) is 5.70. The first-order valence-electron chi connectivity index (χ1n) is 6.17. The lowest BCUT2D eigenvalue weighted by atomic mass is 10.2. The van der Waals surface area contributed by atoms with E-state index in [1.54, 1.807) is 18.2 Å². The molecule has 2 N–H and O–H groups in total. The predicted molar refractivity (Wildman–Crippen MR) is 84.3 cm³/mol. The quantitative estimate of drug-likeness (QED) is 0.849. The minimum atomic E-state index is -0.334. The van der Waals surface area contributed by atoms with Gasteiger partial charge in [-0.3, -0.25) is 0 Å². The minimum absolute atomic E-state index is 0.175. The highest BCUT2D eigenvalue weighted by atomic mass is 79.9. The van der Waals surface area contributed by atoms with Gasteiger partial charge >= 0.3 is 0 Å². The Balaban J connectivity index is 2.23. The van der Waals surface area contributed by atoms with E-state index >= 15 is 0 Å². The van der Waals surface area contributed by atoms with Crippen molar-refractivity contribution in [3.8, 4) is 11.5 Å². The van der Waals surface area contributed by atoms with Crippen molar-refractivity contribution in [2.45, 2.75) is 13.2 Å². The monoisotopic (exact) mass is 373 g/mol. The molecule has 0 atom stereocenters. The van der Waals surface area contributed by atoms with Crippen LogP contribution >= 0.6 is 27.5 Å². The number of hydrogen-bond acceptors (Lipinski definition) is 3. The van der Waals surface area contributed by atoms with Gasteiger partial charge in [0.25, 0.3) is 0 Å². The summed E-state index contributed by atoms with van der Waals surface area (Å²) in [6.45, 7) is 0.529. The van der Waals surface area contributed by atoms with Crippen molar-refractivity contribution in [2.75, 3.05) is 7.11 Å². The highest BCUT2D eigenvalue weighted by Crippen LogP contribution is 2.37. The number of rotatable bonds is 5. The van der Waals surface area contributed by atoms with Crippen molar-refractivity contribution in [3.63, 3.8) is 0 Å². The van der Waals surface area contributed by atoms with Crippen LogP contribution in [-0.2, 0) is 13.2 Å². The lowest BCUT2D eigenvalue weighted by Gasteiger charge is -2.14. The lowest BCUT2D eigenvalue weighted by molar-refractivity contribution is 0.284. The average molecular weight is 375 g/mol. The van der Waals surface area contributed by atoms with Crippen molar-refractivity contribution in [3.05, 3.63) is 56.8 Å². The van der Waals surface area contributed by atoms with Crippen LogP contribution in [0.15, 0.2) is 34.8 Å². The maximum absolute atomic E-state index is 13.3. The second kappa shape index (κ2) is 7.11. The molecule has 0 fully saturated rings. The fourth-order valence-electron chi connectivity index (χ4n) is 1.88. The third kappa shape index (κ3) is 4.09. The molecule has 0 aromatic heterocycles. The number of ether oxygens (including phenoxy) is 2. The molecular weight excluding hydrogens is 361 g/mol. The first-order valence-corrected chi connectivity index (χ1v) is 7.35. The Bertz CT molecular complexity index is 632. The van der Waals surface area contributed by atoms with Crippen LogP contribution in [0.4, 0.5) is 4.39 Å². The van der Waals surface area contributed by atoms with Crippen LogP contribution < -0.4 is 15.2 Å². The Morgan fingerprint density at radius 1 is 1.19 bits per heavy atom. The summed E-state index contributed by atoms with van der Waals surface area (Å²) in [7, 11) is 1.53. The molecule has 2 rings (SSSR count). The third-order valence-corrected chi connectivity index (χ3v) is 3.57. The van der Waals surface area contributed by atoms with Gasteiger partial charge in [-0.05, 0) is 41.5 Å². The van der Waals surface area contributed by atoms with Crippen molar-refractivity contribution in [2.24, 2.45) is 5.73 Å². The summed E-state index contributed by atoms with van der Waals surface area (Å²) in [4.78, 5) is 0. The Morgan fingerprint density at radius 2 is 1.95 bits per heavy atom. The third-order valence-electron chi connectivity index (χ3n) is 2.83. The van der Waals surface area contributed by atoms with Crippen LogP contribution in [0.3, 0.4) is 0 Å². The molecule has 3 nitrogen and oxygen atoms in total. The van der Waals surface area contributed by atoms with Gasteiger partial charge in [0.15, 0.2) is 11.5 Å². The molecule has 0 bridgehead atoms. The zero-order valence-corrected chi connectivity index (χ0v) is 13.7. The minimum Gasteiger partial charge on any atom is -0.493 e. The summed E-state index contributed by atoms with van der Waals surface area (Å²) in [6.07, 6.45) is 0. The van der Waals surface area contributed by atoms with Crippen molar-refractivity contribution in [1.29, 1.82) is 0 Å². The fourth-order valence-corrected chi connectivity index (χ4v) is 2.68. The number of benzene rings is 2. The second-order valence-electron chi connectivity index (χ2n) is 4.38. The standard InChI is InChI=1S/C15H14BrClFNO2/c1-20-14-5-9(7-19)4-13(17)15(14)21-8-10-2-11(16)6-12(18)3-10/h2-6H,7-8,19H2,1H3. The van der Waals surface area contributed by atoms with Crippen LogP contribution in [0.25, 0.3) is 0 Å². The maximum atomic E-state index is 13.3. The van der Waals surface area contributed by atoms with Crippen LogP contribution in [0, 0.1) is 5.82 Å². The lowest BCUT2D eigenvalue weighted by Crippen LogP contribution is -2.02. The van der Waals surface area contributed by atoms with Gasteiger partial charge in [0, 0.05) is 11.0 Å². The highest BCUT2D eigenvalue weighted by Gasteiger charge is 2.12. The molecule has 0 unspecified atom stereocenters. The Morgan fingerprint density at radius 3 is 2.57 bits per heavy atom. The molecule has 6 heteroatoms. The van der Waals surface area contributed by atoms with E-state index in [-0.39, 0.29) is 12.4 Å². The molecule has 0 heterocycles. The zero-order chi connectivity index (χ0) is 15.4. The summed E-state index contributed by atoms with van der Waals surface area (Å²) < 4.78 is 24.9. The summed E-state index contributed by atoms with van der Waals surface area (Å²) in [5.41, 5.74) is 7.12. The average Bonchev–Trinajstić information content (AvgIpc) is 2.44. The number of hydrogen-bond donors (Lipinski definition) is 1. The van der Waals surface area contributed by atoms with E-state index in [1.807, 2.05) is 0 Å². The van der Waals surface area contributed by atoms with E-state index in [2.05, 4.69) is 15.9 Å². The number of halogens is 3. The summed E-state index contributed by atoms with van der Waals surface area (Å²) in [5.74, 6) is 0.578. The van der Waals surface area contributed by atoms with Gasteiger partial charge in [-0.2, -0.15) is 0 Å². The molecule has 0 aliphatic rings. The van der Waals surface area contributed by atoms with Gasteiger partial charge in [-0.25, -0.2) is 4.39 Å². The van der Waals surface area contributed by atoms with Gasteiger partial charge in [0.2, 0.25) is 0 Å². The zero-order valence-electron chi connectivity index (χ0n) is 11.3. The van der Waals surface area contributed by atoms with E-state index in [0.717, 1.165) is 5.56 Å². The van der Waals surface area contributed by atoms with Gasteiger partial charge in [0.05, 0.1) is 12.1 Å². The van der Waals surface area contributed by atoms with E-state index in [1.165, 1.54) is 19.2 Å². The molecule has 2 aromatic rings.